The largest absolute Gasteiger partial charge is 0.481 e. The number of hydrogen-bond acceptors (Lipinski definition) is 2. The Balaban J connectivity index is 1.96. The number of carbonyl (C=O) groups excluding carboxylic acids is 1. The minimum atomic E-state index is -0.961. The maximum Gasteiger partial charge on any atom is 0.308 e. The monoisotopic (exact) mass is 359 g/mol. The van der Waals surface area contributed by atoms with Gasteiger partial charge in [0, 0.05) is 16.6 Å². The molecule has 2 heterocycles. The first kappa shape index (κ1) is 14.4. The maximum absolute atomic E-state index is 13.9. The van der Waals surface area contributed by atoms with Crippen molar-refractivity contribution in [2.45, 2.75) is 31.3 Å². The van der Waals surface area contributed by atoms with Crippen molar-refractivity contribution in [3.63, 3.8) is 0 Å². The molecule has 1 aromatic rings. The highest BCUT2D eigenvalue weighted by atomic mass is 79.9. The van der Waals surface area contributed by atoms with E-state index in [2.05, 4.69) is 15.9 Å². The summed E-state index contributed by atoms with van der Waals surface area (Å²) in [5.74, 6) is -4.24. The molecule has 3 unspecified atom stereocenters. The number of nitrogens with zero attached hydrogens (tertiary/aromatic N) is 1. The third kappa shape index (κ3) is 2.23. The van der Waals surface area contributed by atoms with Crippen LogP contribution in [0.2, 0.25) is 0 Å². The van der Waals surface area contributed by atoms with Gasteiger partial charge in [0.25, 0.3) is 5.91 Å². The Hall–Kier alpha value is -1.50. The lowest BCUT2D eigenvalue weighted by atomic mass is 9.89. The number of benzene rings is 1. The van der Waals surface area contributed by atoms with Crippen molar-refractivity contribution >= 4 is 27.8 Å². The van der Waals surface area contributed by atoms with E-state index in [-0.39, 0.29) is 10.5 Å². The molecule has 1 N–H and O–H groups in total. The Morgan fingerprint density at radius 2 is 1.86 bits per heavy atom. The highest BCUT2D eigenvalue weighted by Gasteiger charge is 2.52. The molecule has 2 aliphatic rings. The summed E-state index contributed by atoms with van der Waals surface area (Å²) in [4.78, 5) is 25.0. The molecule has 4 nitrogen and oxygen atoms in total. The summed E-state index contributed by atoms with van der Waals surface area (Å²) in [7, 11) is 0. The van der Waals surface area contributed by atoms with Crippen LogP contribution in [0, 0.1) is 17.6 Å². The molecule has 2 bridgehead atoms. The fourth-order valence-corrected chi connectivity index (χ4v) is 3.85. The van der Waals surface area contributed by atoms with Crippen molar-refractivity contribution in [1.29, 1.82) is 0 Å². The quantitative estimate of drug-likeness (QED) is 0.883. The molecule has 0 spiro atoms. The molecule has 2 fully saturated rings. The molecule has 1 aromatic carbocycles. The topological polar surface area (TPSA) is 57.6 Å². The Labute approximate surface area is 127 Å². The van der Waals surface area contributed by atoms with E-state index < -0.39 is 41.0 Å². The van der Waals surface area contributed by atoms with Crippen LogP contribution in [-0.4, -0.2) is 34.0 Å². The van der Waals surface area contributed by atoms with Crippen molar-refractivity contribution in [1.82, 2.24) is 4.90 Å². The van der Waals surface area contributed by atoms with E-state index in [0.29, 0.717) is 19.3 Å². The molecule has 21 heavy (non-hydrogen) atoms. The average molecular weight is 360 g/mol. The van der Waals surface area contributed by atoms with E-state index in [1.807, 2.05) is 0 Å². The van der Waals surface area contributed by atoms with Gasteiger partial charge in [0.15, 0.2) is 0 Å². The summed E-state index contributed by atoms with van der Waals surface area (Å²) in [6.07, 6.45) is 1.60. The zero-order chi connectivity index (χ0) is 15.3. The summed E-state index contributed by atoms with van der Waals surface area (Å²) in [6, 6.07) is 1.35. The van der Waals surface area contributed by atoms with Gasteiger partial charge in [0.05, 0.1) is 5.92 Å². The maximum atomic E-state index is 13.9. The number of aliphatic carboxylic acids is 1. The lowest BCUT2D eigenvalue weighted by Gasteiger charge is -2.23. The highest BCUT2D eigenvalue weighted by Crippen LogP contribution is 2.43. The van der Waals surface area contributed by atoms with Crippen LogP contribution in [0.25, 0.3) is 0 Å². The van der Waals surface area contributed by atoms with E-state index in [9.17, 15) is 18.4 Å². The second-order valence-electron chi connectivity index (χ2n) is 5.44. The van der Waals surface area contributed by atoms with E-state index in [4.69, 9.17) is 5.11 Å². The SMILES string of the molecule is O=C(O)C1CC2CCC1N2C(=O)c1c(F)cc(Br)cc1F. The minimum Gasteiger partial charge on any atom is -0.481 e. The lowest BCUT2D eigenvalue weighted by molar-refractivity contribution is -0.142. The molecule has 3 rings (SSSR count). The van der Waals surface area contributed by atoms with Crippen molar-refractivity contribution in [3.05, 3.63) is 33.8 Å². The third-order valence-corrected chi connectivity index (χ3v) is 4.77. The van der Waals surface area contributed by atoms with Gasteiger partial charge >= 0.3 is 5.97 Å². The summed E-state index contributed by atoms with van der Waals surface area (Å²) < 4.78 is 28.0. The highest BCUT2D eigenvalue weighted by molar-refractivity contribution is 9.10. The molecule has 2 aliphatic heterocycles. The molecule has 3 atom stereocenters. The number of hydrogen-bond donors (Lipinski definition) is 1. The van der Waals surface area contributed by atoms with Crippen LogP contribution in [-0.2, 0) is 4.79 Å². The third-order valence-electron chi connectivity index (χ3n) is 4.31. The van der Waals surface area contributed by atoms with Crippen LogP contribution in [0.15, 0.2) is 16.6 Å². The molecule has 0 saturated carbocycles. The van der Waals surface area contributed by atoms with Gasteiger partial charge in [0.2, 0.25) is 0 Å². The molecule has 0 aliphatic carbocycles. The van der Waals surface area contributed by atoms with E-state index >= 15 is 0 Å². The van der Waals surface area contributed by atoms with Crippen LogP contribution in [0.1, 0.15) is 29.6 Å². The van der Waals surface area contributed by atoms with Crippen LogP contribution in [0.4, 0.5) is 8.78 Å². The van der Waals surface area contributed by atoms with E-state index in [1.165, 1.54) is 4.90 Å². The number of fused-ring (bicyclic) bond motifs is 2. The molecule has 0 radical (unpaired) electrons. The first-order valence-corrected chi connectivity index (χ1v) is 7.39. The summed E-state index contributed by atoms with van der Waals surface area (Å²) in [5.41, 5.74) is -0.610. The van der Waals surface area contributed by atoms with E-state index in [1.54, 1.807) is 0 Å². The Bertz CT molecular complexity index is 614. The van der Waals surface area contributed by atoms with Crippen LogP contribution >= 0.6 is 15.9 Å². The Morgan fingerprint density at radius 3 is 2.38 bits per heavy atom. The number of halogens is 3. The van der Waals surface area contributed by atoms with Gasteiger partial charge in [-0.05, 0) is 31.4 Å². The number of carboxylic acids is 1. The van der Waals surface area contributed by atoms with Crippen molar-refractivity contribution in [2.24, 2.45) is 5.92 Å². The van der Waals surface area contributed by atoms with Crippen molar-refractivity contribution in [3.8, 4) is 0 Å². The van der Waals surface area contributed by atoms with E-state index in [0.717, 1.165) is 12.1 Å². The normalized spacial score (nSPS) is 27.2. The van der Waals surface area contributed by atoms with Gasteiger partial charge in [0.1, 0.15) is 17.2 Å². The molecule has 1 amide bonds. The molecular formula is C14H12BrF2NO3. The average Bonchev–Trinajstić information content (AvgIpc) is 2.94. The number of carbonyl (C=O) groups is 2. The van der Waals surface area contributed by atoms with Gasteiger partial charge < -0.3 is 10.0 Å². The molecule has 7 heteroatoms. The van der Waals surface area contributed by atoms with Gasteiger partial charge in [-0.3, -0.25) is 9.59 Å². The van der Waals surface area contributed by atoms with Gasteiger partial charge in [-0.25, -0.2) is 8.78 Å². The van der Waals surface area contributed by atoms with Crippen LogP contribution in [0.5, 0.6) is 0 Å². The predicted octanol–water partition coefficient (Wildman–Crippen LogP) is 2.81. The second kappa shape index (κ2) is 5.05. The zero-order valence-corrected chi connectivity index (χ0v) is 12.4. The fraction of sp³-hybridized carbons (Fsp3) is 0.429. The molecule has 2 saturated heterocycles. The predicted molar refractivity (Wildman–Crippen MR) is 72.8 cm³/mol. The first-order valence-electron chi connectivity index (χ1n) is 6.60. The lowest BCUT2D eigenvalue weighted by Crippen LogP contribution is -2.38. The van der Waals surface area contributed by atoms with Crippen LogP contribution in [0.3, 0.4) is 0 Å². The minimum absolute atomic E-state index is 0.210. The number of amides is 1. The second-order valence-corrected chi connectivity index (χ2v) is 6.35. The fourth-order valence-electron chi connectivity index (χ4n) is 3.45. The van der Waals surface area contributed by atoms with Crippen LogP contribution < -0.4 is 0 Å². The van der Waals surface area contributed by atoms with Crippen molar-refractivity contribution in [2.75, 3.05) is 0 Å². The molecule has 112 valence electrons. The Morgan fingerprint density at radius 1 is 1.24 bits per heavy atom. The molecule has 0 aromatic heterocycles. The summed E-state index contributed by atoms with van der Waals surface area (Å²) in [5, 5.41) is 9.16. The van der Waals surface area contributed by atoms with Crippen molar-refractivity contribution < 1.29 is 23.5 Å². The summed E-state index contributed by atoms with van der Waals surface area (Å²) >= 11 is 2.96. The van der Waals surface area contributed by atoms with Gasteiger partial charge in [-0.15, -0.1) is 0 Å². The first-order chi connectivity index (χ1) is 9.90. The Kier molecular flexibility index (Phi) is 3.47. The van der Waals surface area contributed by atoms with Gasteiger partial charge in [-0.2, -0.15) is 0 Å². The molecular weight excluding hydrogens is 348 g/mol. The summed E-state index contributed by atoms with van der Waals surface area (Å²) in [6.45, 7) is 0. The van der Waals surface area contributed by atoms with Gasteiger partial charge in [-0.1, -0.05) is 15.9 Å². The standard InChI is InChI=1S/C14H12BrF2NO3/c15-6-3-9(16)12(10(17)4-6)13(19)18-7-1-2-11(18)8(5-7)14(20)21/h3-4,7-8,11H,1-2,5H2,(H,20,21). The smallest absolute Gasteiger partial charge is 0.308 e. The zero-order valence-electron chi connectivity index (χ0n) is 10.9. The number of carboxylic acid groups (broad SMARTS) is 1. The number of rotatable bonds is 2.